The van der Waals surface area contributed by atoms with E-state index in [2.05, 4.69) is 20.6 Å². The van der Waals surface area contributed by atoms with Crippen LogP contribution in [0.15, 0.2) is 48.2 Å². The number of nitrogens with zero attached hydrogens (tertiary/aromatic N) is 1. The number of aromatic amines is 1. The minimum absolute atomic E-state index is 0.0982. The molecule has 0 aliphatic rings. The number of benzene rings is 1. The maximum atomic E-state index is 12.2. The fraction of sp³-hybridized carbons (Fsp3) is 0.118. The molecule has 3 rings (SSSR count). The zero-order valence-electron chi connectivity index (χ0n) is 13.2. The first-order chi connectivity index (χ1) is 12.1. The highest BCUT2D eigenvalue weighted by Crippen LogP contribution is 2.25. The van der Waals surface area contributed by atoms with Crippen LogP contribution in [0.25, 0.3) is 0 Å². The molecule has 4 N–H and O–H groups in total. The number of phenolic OH excluding ortho intramolecular Hbond substituents is 1. The summed E-state index contributed by atoms with van der Waals surface area (Å²) < 4.78 is 0. The average Bonchev–Trinajstić information content (AvgIpc) is 3.30. The third kappa shape index (κ3) is 4.24. The van der Waals surface area contributed by atoms with Gasteiger partial charge in [-0.2, -0.15) is 0 Å². The molecule has 0 spiro atoms. The van der Waals surface area contributed by atoms with Crippen molar-refractivity contribution in [2.45, 2.75) is 6.42 Å². The number of H-pyrrole nitrogens is 1. The molecule has 0 saturated carbocycles. The summed E-state index contributed by atoms with van der Waals surface area (Å²) in [4.78, 5) is 31.7. The predicted octanol–water partition coefficient (Wildman–Crippen LogP) is 2.40. The van der Waals surface area contributed by atoms with Crippen molar-refractivity contribution in [2.75, 3.05) is 11.9 Å². The summed E-state index contributed by atoms with van der Waals surface area (Å²) in [5, 5.41) is 17.1. The SMILES string of the molecule is O=C(NCCc1cnc[nH]1)c1ccc(O)c(NC(=O)c2cccs2)c1. The second-order valence-electron chi connectivity index (χ2n) is 5.25. The topological polar surface area (TPSA) is 107 Å². The van der Waals surface area contributed by atoms with Gasteiger partial charge in [0.05, 0.1) is 16.9 Å². The Bertz CT molecular complexity index is 860. The Hall–Kier alpha value is -3.13. The third-order valence-electron chi connectivity index (χ3n) is 3.49. The largest absolute Gasteiger partial charge is 0.506 e. The molecule has 0 aliphatic heterocycles. The van der Waals surface area contributed by atoms with Crippen molar-refractivity contribution in [1.29, 1.82) is 0 Å². The number of aromatic hydroxyl groups is 1. The summed E-state index contributed by atoms with van der Waals surface area (Å²) in [6, 6.07) is 7.79. The first-order valence-corrected chi connectivity index (χ1v) is 8.45. The van der Waals surface area contributed by atoms with Crippen LogP contribution in [0.4, 0.5) is 5.69 Å². The van der Waals surface area contributed by atoms with Gasteiger partial charge < -0.3 is 20.7 Å². The number of phenols is 1. The van der Waals surface area contributed by atoms with E-state index in [0.717, 1.165) is 5.69 Å². The van der Waals surface area contributed by atoms with E-state index >= 15 is 0 Å². The third-order valence-corrected chi connectivity index (χ3v) is 4.36. The number of hydrogen-bond acceptors (Lipinski definition) is 5. The van der Waals surface area contributed by atoms with Gasteiger partial charge in [0.1, 0.15) is 5.75 Å². The van der Waals surface area contributed by atoms with E-state index in [-0.39, 0.29) is 23.3 Å². The van der Waals surface area contributed by atoms with Crippen molar-refractivity contribution < 1.29 is 14.7 Å². The number of aromatic nitrogens is 2. The van der Waals surface area contributed by atoms with Gasteiger partial charge >= 0.3 is 0 Å². The second-order valence-corrected chi connectivity index (χ2v) is 6.19. The lowest BCUT2D eigenvalue weighted by atomic mass is 10.1. The van der Waals surface area contributed by atoms with Crippen LogP contribution in [-0.4, -0.2) is 33.4 Å². The van der Waals surface area contributed by atoms with Crippen LogP contribution >= 0.6 is 11.3 Å². The summed E-state index contributed by atoms with van der Waals surface area (Å²) in [6.07, 6.45) is 3.91. The van der Waals surface area contributed by atoms with E-state index in [4.69, 9.17) is 0 Å². The Morgan fingerprint density at radius 1 is 1.24 bits per heavy atom. The van der Waals surface area contributed by atoms with Gasteiger partial charge in [0.25, 0.3) is 11.8 Å². The smallest absolute Gasteiger partial charge is 0.265 e. The van der Waals surface area contributed by atoms with Gasteiger partial charge in [-0.25, -0.2) is 4.98 Å². The van der Waals surface area contributed by atoms with E-state index in [1.165, 1.54) is 29.5 Å². The Kier molecular flexibility index (Phi) is 5.10. The molecule has 0 bridgehead atoms. The molecule has 2 heterocycles. The van der Waals surface area contributed by atoms with Crippen molar-refractivity contribution in [1.82, 2.24) is 15.3 Å². The van der Waals surface area contributed by atoms with Gasteiger partial charge in [0.2, 0.25) is 0 Å². The quantitative estimate of drug-likeness (QED) is 0.509. The minimum Gasteiger partial charge on any atom is -0.506 e. The number of carbonyl (C=O) groups is 2. The van der Waals surface area contributed by atoms with Crippen molar-refractivity contribution in [3.05, 3.63) is 64.4 Å². The van der Waals surface area contributed by atoms with Gasteiger partial charge in [0.15, 0.2) is 0 Å². The summed E-state index contributed by atoms with van der Waals surface area (Å²) >= 11 is 1.30. The second kappa shape index (κ2) is 7.63. The van der Waals surface area contributed by atoms with Gasteiger partial charge in [-0.15, -0.1) is 11.3 Å². The lowest BCUT2D eigenvalue weighted by molar-refractivity contribution is 0.0952. The van der Waals surface area contributed by atoms with Crippen LogP contribution < -0.4 is 10.6 Å². The number of anilines is 1. The van der Waals surface area contributed by atoms with Crippen molar-refractivity contribution in [3.63, 3.8) is 0 Å². The molecule has 128 valence electrons. The number of amides is 2. The molecule has 3 aromatic rings. The first-order valence-electron chi connectivity index (χ1n) is 7.57. The number of nitrogens with one attached hydrogen (secondary N) is 3. The van der Waals surface area contributed by atoms with Gasteiger partial charge in [-0.1, -0.05) is 6.07 Å². The lowest BCUT2D eigenvalue weighted by Gasteiger charge is -2.09. The monoisotopic (exact) mass is 356 g/mol. The zero-order valence-corrected chi connectivity index (χ0v) is 14.0. The Labute approximate surface area is 147 Å². The standard InChI is InChI=1S/C17H16N4O3S/c22-14-4-3-11(16(23)19-6-5-12-9-18-10-20-12)8-13(14)21-17(24)15-2-1-7-25-15/h1-4,7-10,22H,5-6H2,(H,18,20)(H,19,23)(H,21,24). The summed E-state index contributed by atoms with van der Waals surface area (Å²) in [6.45, 7) is 0.443. The van der Waals surface area contributed by atoms with Crippen molar-refractivity contribution >= 4 is 28.8 Å². The Morgan fingerprint density at radius 2 is 2.12 bits per heavy atom. The minimum atomic E-state index is -0.331. The molecule has 0 radical (unpaired) electrons. The molecule has 7 nitrogen and oxygen atoms in total. The Balaban J connectivity index is 1.63. The molecule has 8 heteroatoms. The Morgan fingerprint density at radius 3 is 2.84 bits per heavy atom. The molecular formula is C17H16N4O3S. The van der Waals surface area contributed by atoms with Gasteiger partial charge in [-0.05, 0) is 29.6 Å². The van der Waals surface area contributed by atoms with Crippen LogP contribution in [0.2, 0.25) is 0 Å². The summed E-state index contributed by atoms with van der Waals surface area (Å²) in [7, 11) is 0. The van der Waals surface area contributed by atoms with E-state index in [1.807, 2.05) is 0 Å². The molecule has 0 aliphatic carbocycles. The highest BCUT2D eigenvalue weighted by Gasteiger charge is 2.13. The van der Waals surface area contributed by atoms with Crippen LogP contribution in [0, 0.1) is 0 Å². The van der Waals surface area contributed by atoms with Crippen molar-refractivity contribution in [2.24, 2.45) is 0 Å². The van der Waals surface area contributed by atoms with E-state index in [9.17, 15) is 14.7 Å². The summed E-state index contributed by atoms with van der Waals surface area (Å²) in [5.41, 5.74) is 1.47. The van der Waals surface area contributed by atoms with Crippen LogP contribution in [0.1, 0.15) is 25.7 Å². The fourth-order valence-electron chi connectivity index (χ4n) is 2.20. The first kappa shape index (κ1) is 16.7. The van der Waals surface area contributed by atoms with Gasteiger partial charge in [-0.3, -0.25) is 9.59 Å². The normalized spacial score (nSPS) is 10.4. The average molecular weight is 356 g/mol. The number of rotatable bonds is 6. The molecule has 0 unspecified atom stereocenters. The molecular weight excluding hydrogens is 340 g/mol. The van der Waals surface area contributed by atoms with Crippen molar-refractivity contribution in [3.8, 4) is 5.75 Å². The van der Waals surface area contributed by atoms with E-state index in [0.29, 0.717) is 23.4 Å². The number of imidazole rings is 1. The molecule has 1 aromatic carbocycles. The molecule has 25 heavy (non-hydrogen) atoms. The van der Waals surface area contributed by atoms with Crippen LogP contribution in [0.5, 0.6) is 5.75 Å². The molecule has 0 atom stereocenters. The molecule has 0 fully saturated rings. The fourth-order valence-corrected chi connectivity index (χ4v) is 2.82. The predicted molar refractivity (Wildman–Crippen MR) is 95.0 cm³/mol. The van der Waals surface area contributed by atoms with Crippen LogP contribution in [0.3, 0.4) is 0 Å². The highest BCUT2D eigenvalue weighted by atomic mass is 32.1. The number of thiophene rings is 1. The van der Waals surface area contributed by atoms with Gasteiger partial charge in [0, 0.05) is 30.4 Å². The maximum absolute atomic E-state index is 12.2. The highest BCUT2D eigenvalue weighted by molar-refractivity contribution is 7.12. The number of hydrogen-bond donors (Lipinski definition) is 4. The molecule has 2 aromatic heterocycles. The number of carbonyl (C=O) groups excluding carboxylic acids is 2. The lowest BCUT2D eigenvalue weighted by Crippen LogP contribution is -2.26. The van der Waals surface area contributed by atoms with Crippen LogP contribution in [-0.2, 0) is 6.42 Å². The maximum Gasteiger partial charge on any atom is 0.265 e. The zero-order chi connectivity index (χ0) is 17.6. The molecule has 0 saturated heterocycles. The molecule has 2 amide bonds. The van der Waals surface area contributed by atoms with E-state index in [1.54, 1.807) is 30.0 Å². The summed E-state index contributed by atoms with van der Waals surface area (Å²) in [5.74, 6) is -0.716. The van der Waals surface area contributed by atoms with E-state index < -0.39 is 0 Å².